The Labute approximate surface area is 106 Å². The second-order valence-corrected chi connectivity index (χ2v) is 3.69. The molecule has 0 aromatic heterocycles. The zero-order valence-electron chi connectivity index (χ0n) is 10.4. The monoisotopic (exact) mass is 268 g/mol. The van der Waals surface area contributed by atoms with Gasteiger partial charge in [0.15, 0.2) is 12.2 Å². The maximum Gasteiger partial charge on any atom is 0.335 e. The summed E-state index contributed by atoms with van der Waals surface area (Å²) >= 11 is 0. The van der Waals surface area contributed by atoms with E-state index in [0.29, 0.717) is 0 Å². The van der Waals surface area contributed by atoms with E-state index in [2.05, 4.69) is 0 Å². The van der Waals surface area contributed by atoms with Gasteiger partial charge >= 0.3 is 11.9 Å². The van der Waals surface area contributed by atoms with E-state index in [4.69, 9.17) is 20.4 Å². The standard InChI is InChI=1S/C6H12.C4H6O6.2H3N/c1-2-4-6-5-3-1;5-1(3(7)8)2(6)4(9)10;;/h1-6H2;1-2,5-6H,(H,7,8)(H,9,10);2*1H3. The molecule has 0 saturated heterocycles. The van der Waals surface area contributed by atoms with Crippen LogP contribution in [-0.4, -0.2) is 44.6 Å². The lowest BCUT2D eigenvalue weighted by Crippen LogP contribution is -2.39. The molecule has 2 atom stereocenters. The Balaban J connectivity index is -0.000000244. The molecule has 2 unspecified atom stereocenters. The van der Waals surface area contributed by atoms with Gasteiger partial charge in [-0.15, -0.1) is 0 Å². The number of carbonyl (C=O) groups is 2. The number of carboxylic acid groups (broad SMARTS) is 2. The summed E-state index contributed by atoms with van der Waals surface area (Å²) in [5.74, 6) is -3.54. The van der Waals surface area contributed by atoms with Gasteiger partial charge in [-0.3, -0.25) is 0 Å². The van der Waals surface area contributed by atoms with Crippen LogP contribution in [0, 0.1) is 0 Å². The van der Waals surface area contributed by atoms with Crippen LogP contribution in [0.15, 0.2) is 0 Å². The summed E-state index contributed by atoms with van der Waals surface area (Å²) in [6, 6.07) is 0. The summed E-state index contributed by atoms with van der Waals surface area (Å²) in [5.41, 5.74) is 0. The molecule has 0 aromatic carbocycles. The van der Waals surface area contributed by atoms with Gasteiger partial charge in [0.1, 0.15) is 0 Å². The average molecular weight is 268 g/mol. The van der Waals surface area contributed by atoms with Crippen LogP contribution in [-0.2, 0) is 9.59 Å². The lowest BCUT2D eigenvalue weighted by atomic mass is 10.0. The largest absolute Gasteiger partial charge is 0.479 e. The molecule has 0 aromatic rings. The van der Waals surface area contributed by atoms with Gasteiger partial charge in [0, 0.05) is 0 Å². The van der Waals surface area contributed by atoms with Crippen molar-refractivity contribution in [1.82, 2.24) is 12.3 Å². The first-order valence-corrected chi connectivity index (χ1v) is 5.28. The smallest absolute Gasteiger partial charge is 0.335 e. The van der Waals surface area contributed by atoms with E-state index in [1.165, 1.54) is 38.5 Å². The van der Waals surface area contributed by atoms with Crippen LogP contribution in [0.5, 0.6) is 0 Å². The Kier molecular flexibility index (Phi) is 15.0. The lowest BCUT2D eigenvalue weighted by molar-refractivity contribution is -0.165. The predicted molar refractivity (Wildman–Crippen MR) is 65.0 cm³/mol. The van der Waals surface area contributed by atoms with Gasteiger partial charge in [-0.25, -0.2) is 9.59 Å². The van der Waals surface area contributed by atoms with Crippen molar-refractivity contribution in [1.29, 1.82) is 0 Å². The van der Waals surface area contributed by atoms with Crippen molar-refractivity contribution in [3.63, 3.8) is 0 Å². The second kappa shape index (κ2) is 12.2. The molecule has 8 heteroatoms. The van der Waals surface area contributed by atoms with Gasteiger partial charge in [-0.2, -0.15) is 0 Å². The quantitative estimate of drug-likeness (QED) is 0.428. The van der Waals surface area contributed by atoms with Crippen molar-refractivity contribution in [2.45, 2.75) is 50.7 Å². The molecule has 1 saturated carbocycles. The van der Waals surface area contributed by atoms with E-state index in [0.717, 1.165) is 0 Å². The van der Waals surface area contributed by atoms with Crippen LogP contribution in [0.4, 0.5) is 0 Å². The zero-order valence-corrected chi connectivity index (χ0v) is 10.4. The Morgan fingerprint density at radius 1 is 0.667 bits per heavy atom. The SMILES string of the molecule is C1CCCCC1.N.N.O=C(O)C(O)C(O)C(=O)O. The molecule has 1 fully saturated rings. The molecule has 0 heterocycles. The molecule has 1 aliphatic carbocycles. The fraction of sp³-hybridized carbons (Fsp3) is 0.800. The fourth-order valence-electron chi connectivity index (χ4n) is 1.33. The summed E-state index contributed by atoms with van der Waals surface area (Å²) in [6.07, 6.45) is 4.47. The number of hydrogen-bond donors (Lipinski definition) is 6. The number of aliphatic carboxylic acids is 2. The van der Waals surface area contributed by atoms with E-state index in [-0.39, 0.29) is 12.3 Å². The third-order valence-electron chi connectivity index (χ3n) is 2.31. The van der Waals surface area contributed by atoms with Crippen molar-refractivity contribution in [3.05, 3.63) is 0 Å². The van der Waals surface area contributed by atoms with Gasteiger partial charge in [-0.05, 0) is 0 Å². The van der Waals surface area contributed by atoms with Gasteiger partial charge < -0.3 is 32.7 Å². The molecule has 110 valence electrons. The van der Waals surface area contributed by atoms with Crippen molar-refractivity contribution >= 4 is 11.9 Å². The minimum Gasteiger partial charge on any atom is -0.479 e. The third-order valence-corrected chi connectivity index (χ3v) is 2.31. The number of carboxylic acids is 2. The van der Waals surface area contributed by atoms with Gasteiger partial charge in [0.2, 0.25) is 0 Å². The molecular weight excluding hydrogens is 244 g/mol. The van der Waals surface area contributed by atoms with Crippen LogP contribution in [0.1, 0.15) is 38.5 Å². The topological polar surface area (TPSA) is 185 Å². The first kappa shape index (κ1) is 22.0. The fourth-order valence-corrected chi connectivity index (χ4v) is 1.33. The molecule has 1 rings (SSSR count). The molecular formula is C10H24N2O6. The van der Waals surface area contributed by atoms with Gasteiger partial charge in [0.05, 0.1) is 0 Å². The minimum absolute atomic E-state index is 0. The normalized spacial score (nSPS) is 16.8. The predicted octanol–water partition coefficient (Wildman–Crippen LogP) is 0.542. The summed E-state index contributed by atoms with van der Waals surface area (Å²) in [4.78, 5) is 19.5. The summed E-state index contributed by atoms with van der Waals surface area (Å²) < 4.78 is 0. The van der Waals surface area contributed by atoms with E-state index in [1.54, 1.807) is 0 Å². The van der Waals surface area contributed by atoms with Crippen LogP contribution in [0.2, 0.25) is 0 Å². The summed E-state index contributed by atoms with van der Waals surface area (Å²) in [5, 5.41) is 32.5. The van der Waals surface area contributed by atoms with E-state index in [1.807, 2.05) is 0 Å². The highest BCUT2D eigenvalue weighted by atomic mass is 16.4. The Morgan fingerprint density at radius 3 is 0.944 bits per heavy atom. The Bertz CT molecular complexity index is 203. The zero-order chi connectivity index (χ0) is 12.6. The molecule has 0 amide bonds. The summed E-state index contributed by atoms with van der Waals surface area (Å²) in [6.45, 7) is 0. The van der Waals surface area contributed by atoms with Crippen molar-refractivity contribution in [2.24, 2.45) is 0 Å². The van der Waals surface area contributed by atoms with Crippen molar-refractivity contribution in [3.8, 4) is 0 Å². The maximum absolute atomic E-state index is 9.77. The second-order valence-electron chi connectivity index (χ2n) is 3.69. The molecule has 10 N–H and O–H groups in total. The first-order valence-electron chi connectivity index (χ1n) is 5.28. The highest BCUT2D eigenvalue weighted by Gasteiger charge is 2.29. The Morgan fingerprint density at radius 2 is 0.833 bits per heavy atom. The van der Waals surface area contributed by atoms with E-state index in [9.17, 15) is 9.59 Å². The highest BCUT2D eigenvalue weighted by molar-refractivity contribution is 5.83. The molecule has 0 aliphatic heterocycles. The Hall–Kier alpha value is -1.22. The molecule has 1 aliphatic rings. The van der Waals surface area contributed by atoms with Crippen LogP contribution in [0.3, 0.4) is 0 Å². The summed E-state index contributed by atoms with van der Waals surface area (Å²) in [7, 11) is 0. The number of rotatable bonds is 3. The van der Waals surface area contributed by atoms with Gasteiger partial charge in [0.25, 0.3) is 0 Å². The molecule has 8 nitrogen and oxygen atoms in total. The molecule has 18 heavy (non-hydrogen) atoms. The first-order chi connectivity index (χ1) is 7.46. The van der Waals surface area contributed by atoms with E-state index < -0.39 is 24.1 Å². The van der Waals surface area contributed by atoms with Crippen molar-refractivity contribution in [2.75, 3.05) is 0 Å². The number of aliphatic hydroxyl groups excluding tert-OH is 2. The highest BCUT2D eigenvalue weighted by Crippen LogP contribution is 2.15. The van der Waals surface area contributed by atoms with Crippen LogP contribution < -0.4 is 12.3 Å². The average Bonchev–Trinajstić information content (AvgIpc) is 2.30. The van der Waals surface area contributed by atoms with Crippen LogP contribution in [0.25, 0.3) is 0 Å². The lowest BCUT2D eigenvalue weighted by Gasteiger charge is -2.07. The third kappa shape index (κ3) is 9.97. The minimum atomic E-state index is -2.27. The van der Waals surface area contributed by atoms with Crippen LogP contribution >= 0.6 is 0 Å². The number of hydrogen-bond acceptors (Lipinski definition) is 6. The number of aliphatic hydroxyl groups is 2. The maximum atomic E-state index is 9.77. The van der Waals surface area contributed by atoms with Gasteiger partial charge in [-0.1, -0.05) is 38.5 Å². The van der Waals surface area contributed by atoms with Crippen molar-refractivity contribution < 1.29 is 30.0 Å². The molecule has 0 bridgehead atoms. The van der Waals surface area contributed by atoms with E-state index >= 15 is 0 Å². The molecule has 0 radical (unpaired) electrons. The molecule has 0 spiro atoms.